The smallest absolute Gasteiger partial charge is 0.414 e. The van der Waals surface area contributed by atoms with E-state index in [0.29, 0.717) is 46.9 Å². The van der Waals surface area contributed by atoms with Gasteiger partial charge in [0.1, 0.15) is 11.2 Å². The van der Waals surface area contributed by atoms with Gasteiger partial charge in [0.15, 0.2) is 17.3 Å². The number of likely N-dealkylation sites (tertiary alicyclic amines) is 1. The summed E-state index contributed by atoms with van der Waals surface area (Å²) in [7, 11) is 4.45. The molecule has 2 amide bonds. The first-order chi connectivity index (χ1) is 22.2. The van der Waals surface area contributed by atoms with Crippen molar-refractivity contribution in [1.82, 2.24) is 9.88 Å². The number of benzene rings is 2. The minimum absolute atomic E-state index is 0.104. The van der Waals surface area contributed by atoms with E-state index in [9.17, 15) is 14.4 Å². The topological polar surface area (TPSA) is 117 Å². The van der Waals surface area contributed by atoms with Gasteiger partial charge in [-0.2, -0.15) is 0 Å². The van der Waals surface area contributed by atoms with Gasteiger partial charge in [-0.05, 0) is 90.3 Å². The Morgan fingerprint density at radius 2 is 1.49 bits per heavy atom. The van der Waals surface area contributed by atoms with Crippen molar-refractivity contribution in [2.24, 2.45) is 0 Å². The van der Waals surface area contributed by atoms with Gasteiger partial charge in [-0.15, -0.1) is 0 Å². The zero-order chi connectivity index (χ0) is 34.5. The summed E-state index contributed by atoms with van der Waals surface area (Å²) in [5.41, 5.74) is 0.433. The van der Waals surface area contributed by atoms with E-state index in [4.69, 9.17) is 23.7 Å². The maximum atomic E-state index is 13.8. The van der Waals surface area contributed by atoms with Crippen LogP contribution in [0.1, 0.15) is 81.9 Å². The minimum Gasteiger partial charge on any atom is -0.493 e. The number of hydrogen-bond acceptors (Lipinski definition) is 9. The third-order valence-electron chi connectivity index (χ3n) is 7.53. The van der Waals surface area contributed by atoms with Crippen LogP contribution in [0.5, 0.6) is 17.2 Å². The van der Waals surface area contributed by atoms with Gasteiger partial charge >= 0.3 is 12.2 Å². The second kappa shape index (κ2) is 14.3. The molecule has 0 spiro atoms. The van der Waals surface area contributed by atoms with Crippen molar-refractivity contribution in [1.29, 1.82) is 0 Å². The highest BCUT2D eigenvalue weighted by Gasteiger charge is 2.42. The molecule has 2 aromatic carbocycles. The fourth-order valence-electron chi connectivity index (χ4n) is 5.56. The van der Waals surface area contributed by atoms with Crippen molar-refractivity contribution < 1.29 is 38.1 Å². The average molecular weight is 648 g/mol. The van der Waals surface area contributed by atoms with Crippen LogP contribution in [-0.4, -0.2) is 73.0 Å². The molecule has 0 N–H and O–H groups in total. The van der Waals surface area contributed by atoms with E-state index in [-0.39, 0.29) is 18.4 Å². The zero-order valence-electron chi connectivity index (χ0n) is 28.7. The molecule has 4 rings (SSSR count). The summed E-state index contributed by atoms with van der Waals surface area (Å²) < 4.78 is 28.0. The summed E-state index contributed by atoms with van der Waals surface area (Å²) in [6.07, 6.45) is 3.59. The van der Waals surface area contributed by atoms with Gasteiger partial charge in [0, 0.05) is 35.8 Å². The summed E-state index contributed by atoms with van der Waals surface area (Å²) in [6.45, 7) is 10.9. The van der Waals surface area contributed by atoms with Gasteiger partial charge in [-0.25, -0.2) is 9.59 Å². The summed E-state index contributed by atoms with van der Waals surface area (Å²) in [5.74, 6) is 0.733. The number of nitrogens with zero attached hydrogens (tertiary/aromatic N) is 3. The number of carbonyl (C=O) groups is 3. The number of carbonyl (C=O) groups excluding carboxylic acids is 3. The molecule has 1 aromatic heterocycles. The standard InChI is InChI=1S/C36H45N3O8/c1-35(2,3)46-33(41)38(22-27-15-16-28(24-13-11-17-37-21-24)39(27)34(42)47-36(4,5)6)26-14-10-12-23(18-26)31(40)25-19-29(43-7)32(45-9)30(20-25)44-8/h10-14,17-21,27-28H,15-16,22H2,1-9H3. The number of methoxy groups -OCH3 is 3. The van der Waals surface area contributed by atoms with Crippen molar-refractivity contribution in [2.75, 3.05) is 32.8 Å². The van der Waals surface area contributed by atoms with Gasteiger partial charge in [-0.3, -0.25) is 19.6 Å². The maximum Gasteiger partial charge on any atom is 0.414 e. The van der Waals surface area contributed by atoms with E-state index in [1.54, 1.807) is 74.5 Å². The Kier molecular flexibility index (Phi) is 10.7. The number of ketones is 1. The van der Waals surface area contributed by atoms with Crippen molar-refractivity contribution in [3.63, 3.8) is 0 Å². The van der Waals surface area contributed by atoms with Crippen LogP contribution in [0.4, 0.5) is 15.3 Å². The number of amides is 2. The predicted molar refractivity (Wildman–Crippen MR) is 178 cm³/mol. The molecule has 2 unspecified atom stereocenters. The van der Waals surface area contributed by atoms with Crippen LogP contribution in [0.2, 0.25) is 0 Å². The molecule has 0 bridgehead atoms. The largest absolute Gasteiger partial charge is 0.493 e. The summed E-state index contributed by atoms with van der Waals surface area (Å²) in [4.78, 5) is 48.8. The van der Waals surface area contributed by atoms with E-state index in [1.807, 2.05) is 32.9 Å². The molecule has 47 heavy (non-hydrogen) atoms. The van der Waals surface area contributed by atoms with Crippen LogP contribution in [-0.2, 0) is 9.47 Å². The molecule has 1 fully saturated rings. The van der Waals surface area contributed by atoms with Crippen LogP contribution >= 0.6 is 0 Å². The van der Waals surface area contributed by atoms with Crippen molar-refractivity contribution >= 4 is 23.7 Å². The van der Waals surface area contributed by atoms with Crippen molar-refractivity contribution in [3.05, 3.63) is 77.6 Å². The van der Waals surface area contributed by atoms with Crippen LogP contribution < -0.4 is 19.1 Å². The molecule has 0 aliphatic carbocycles. The highest BCUT2D eigenvalue weighted by Crippen LogP contribution is 2.40. The Bertz CT molecular complexity index is 1550. The highest BCUT2D eigenvalue weighted by molar-refractivity contribution is 6.10. The fourth-order valence-corrected chi connectivity index (χ4v) is 5.56. The van der Waals surface area contributed by atoms with E-state index in [0.717, 1.165) is 5.56 Å². The van der Waals surface area contributed by atoms with E-state index < -0.39 is 29.4 Å². The van der Waals surface area contributed by atoms with E-state index in [2.05, 4.69) is 4.98 Å². The Balaban J connectivity index is 1.73. The lowest BCUT2D eigenvalue weighted by atomic mass is 10.0. The van der Waals surface area contributed by atoms with E-state index in [1.165, 1.54) is 26.2 Å². The Morgan fingerprint density at radius 1 is 0.830 bits per heavy atom. The zero-order valence-corrected chi connectivity index (χ0v) is 28.7. The molecular formula is C36H45N3O8. The minimum atomic E-state index is -0.794. The summed E-state index contributed by atoms with van der Waals surface area (Å²) in [5, 5.41) is 0. The molecule has 1 saturated heterocycles. The lowest BCUT2D eigenvalue weighted by Crippen LogP contribution is -2.48. The molecule has 1 aliphatic rings. The quantitative estimate of drug-likeness (QED) is 0.222. The molecule has 2 atom stereocenters. The van der Waals surface area contributed by atoms with Gasteiger partial charge in [0.05, 0.1) is 33.4 Å². The predicted octanol–water partition coefficient (Wildman–Crippen LogP) is 7.22. The molecule has 0 radical (unpaired) electrons. The summed E-state index contributed by atoms with van der Waals surface area (Å²) in [6, 6.07) is 13.0. The SMILES string of the molecule is COc1cc(C(=O)c2cccc(N(CC3CCC(c4cccnc4)N3C(=O)OC(C)(C)C)C(=O)OC(C)(C)C)c2)cc(OC)c1OC. The first-order valence-corrected chi connectivity index (χ1v) is 15.5. The second-order valence-corrected chi connectivity index (χ2v) is 13.3. The maximum absolute atomic E-state index is 13.8. The lowest BCUT2D eigenvalue weighted by molar-refractivity contribution is 0.0141. The molecule has 2 heterocycles. The first kappa shape index (κ1) is 35.1. The van der Waals surface area contributed by atoms with Crippen LogP contribution in [0.25, 0.3) is 0 Å². The second-order valence-electron chi connectivity index (χ2n) is 13.3. The molecule has 11 nitrogen and oxygen atoms in total. The Hall–Kier alpha value is -4.80. The average Bonchev–Trinajstić information content (AvgIpc) is 3.45. The Labute approximate surface area is 276 Å². The number of hydrogen-bond donors (Lipinski definition) is 0. The van der Waals surface area contributed by atoms with Gasteiger partial charge in [0.25, 0.3) is 0 Å². The van der Waals surface area contributed by atoms with Crippen LogP contribution in [0.15, 0.2) is 60.9 Å². The monoisotopic (exact) mass is 647 g/mol. The molecule has 252 valence electrons. The molecule has 0 saturated carbocycles. The fraction of sp³-hybridized carbons (Fsp3) is 0.444. The molecule has 3 aromatic rings. The Morgan fingerprint density at radius 3 is 2.04 bits per heavy atom. The lowest BCUT2D eigenvalue weighted by Gasteiger charge is -2.35. The van der Waals surface area contributed by atoms with Crippen molar-refractivity contribution in [3.8, 4) is 17.2 Å². The third-order valence-corrected chi connectivity index (χ3v) is 7.53. The van der Waals surface area contributed by atoms with Gasteiger partial charge < -0.3 is 23.7 Å². The van der Waals surface area contributed by atoms with Gasteiger partial charge in [0.2, 0.25) is 5.75 Å². The van der Waals surface area contributed by atoms with E-state index >= 15 is 0 Å². The van der Waals surface area contributed by atoms with Gasteiger partial charge in [-0.1, -0.05) is 18.2 Å². The number of aromatic nitrogens is 1. The third kappa shape index (κ3) is 8.52. The number of rotatable bonds is 9. The first-order valence-electron chi connectivity index (χ1n) is 15.5. The normalized spacial score (nSPS) is 16.3. The number of anilines is 1. The van der Waals surface area contributed by atoms with Crippen LogP contribution in [0.3, 0.4) is 0 Å². The van der Waals surface area contributed by atoms with Crippen LogP contribution in [0, 0.1) is 0 Å². The molecular weight excluding hydrogens is 602 g/mol. The van der Waals surface area contributed by atoms with Crippen molar-refractivity contribution in [2.45, 2.75) is 77.7 Å². The summed E-state index contributed by atoms with van der Waals surface area (Å²) >= 11 is 0. The molecule has 1 aliphatic heterocycles. The number of ether oxygens (including phenoxy) is 5. The highest BCUT2D eigenvalue weighted by atomic mass is 16.6. The number of pyridine rings is 1. The molecule has 11 heteroatoms.